The van der Waals surface area contributed by atoms with Crippen LogP contribution in [0.25, 0.3) is 10.9 Å². The van der Waals surface area contributed by atoms with Crippen LogP contribution in [0, 0.1) is 6.92 Å². The van der Waals surface area contributed by atoms with Crippen molar-refractivity contribution in [1.29, 1.82) is 0 Å². The van der Waals surface area contributed by atoms with Crippen molar-refractivity contribution in [2.45, 2.75) is 26.7 Å². The van der Waals surface area contributed by atoms with Gasteiger partial charge in [0.1, 0.15) is 0 Å². The molecule has 0 aliphatic rings. The second kappa shape index (κ2) is 6.21. The lowest BCUT2D eigenvalue weighted by molar-refractivity contribution is 0.102. The molecule has 3 aromatic rings. The Morgan fingerprint density at radius 3 is 2.61 bits per heavy atom. The highest BCUT2D eigenvalue weighted by Gasteiger charge is 2.15. The number of hydrogen-bond donors (Lipinski definition) is 1. The van der Waals surface area contributed by atoms with Gasteiger partial charge in [0, 0.05) is 17.3 Å². The van der Waals surface area contributed by atoms with Crippen LogP contribution in [-0.4, -0.2) is 10.9 Å². The third-order valence-electron chi connectivity index (χ3n) is 4.06. The highest BCUT2D eigenvalue weighted by atomic mass is 16.1. The molecule has 2 aromatic carbocycles. The van der Waals surface area contributed by atoms with Gasteiger partial charge in [-0.05, 0) is 36.1 Å². The third kappa shape index (κ3) is 2.95. The Bertz CT molecular complexity index is 863. The van der Waals surface area contributed by atoms with Crippen LogP contribution in [0.4, 0.5) is 5.69 Å². The molecule has 0 saturated heterocycles. The van der Waals surface area contributed by atoms with Gasteiger partial charge in [-0.2, -0.15) is 0 Å². The molecule has 0 atom stereocenters. The monoisotopic (exact) mass is 304 g/mol. The fourth-order valence-electron chi connectivity index (χ4n) is 2.82. The Labute approximate surface area is 136 Å². The number of para-hydroxylation sites is 2. The van der Waals surface area contributed by atoms with Gasteiger partial charge in [-0.15, -0.1) is 0 Å². The number of carbonyl (C=O) groups excluding carboxylic acids is 1. The highest BCUT2D eigenvalue weighted by molar-refractivity contribution is 6.12. The van der Waals surface area contributed by atoms with Crippen molar-refractivity contribution >= 4 is 22.5 Å². The minimum Gasteiger partial charge on any atom is -0.321 e. The molecule has 1 aromatic heterocycles. The molecule has 1 amide bonds. The zero-order valence-electron chi connectivity index (χ0n) is 13.6. The number of nitrogens with zero attached hydrogens (tertiary/aromatic N) is 1. The van der Waals surface area contributed by atoms with Crippen molar-refractivity contribution in [1.82, 2.24) is 4.98 Å². The Kier molecular flexibility index (Phi) is 4.11. The van der Waals surface area contributed by atoms with Crippen molar-refractivity contribution < 1.29 is 4.79 Å². The first kappa shape index (κ1) is 15.2. The van der Waals surface area contributed by atoms with Crippen LogP contribution < -0.4 is 5.32 Å². The molecule has 0 bridgehead atoms. The number of amides is 1. The number of aryl methyl sites for hydroxylation is 1. The molecule has 1 N–H and O–H groups in total. The number of fused-ring (bicyclic) bond motifs is 1. The first-order valence-corrected chi connectivity index (χ1v) is 7.82. The van der Waals surface area contributed by atoms with Crippen molar-refractivity contribution in [2.75, 3.05) is 5.32 Å². The number of anilines is 1. The van der Waals surface area contributed by atoms with Crippen molar-refractivity contribution in [3.05, 3.63) is 71.4 Å². The van der Waals surface area contributed by atoms with E-state index >= 15 is 0 Å². The van der Waals surface area contributed by atoms with E-state index in [1.165, 1.54) is 0 Å². The van der Waals surface area contributed by atoms with Gasteiger partial charge in [0.25, 0.3) is 5.91 Å². The van der Waals surface area contributed by atoms with Crippen LogP contribution in [0.1, 0.15) is 41.3 Å². The molecule has 0 fully saturated rings. The van der Waals surface area contributed by atoms with E-state index < -0.39 is 0 Å². The first-order chi connectivity index (χ1) is 11.1. The summed E-state index contributed by atoms with van der Waals surface area (Å²) in [7, 11) is 0. The molecule has 0 aliphatic heterocycles. The summed E-state index contributed by atoms with van der Waals surface area (Å²) in [5.74, 6) is 0.249. The third-order valence-corrected chi connectivity index (χ3v) is 4.06. The highest BCUT2D eigenvalue weighted by Crippen LogP contribution is 2.28. The Balaban J connectivity index is 2.02. The van der Waals surface area contributed by atoms with Gasteiger partial charge in [-0.3, -0.25) is 9.78 Å². The fourth-order valence-corrected chi connectivity index (χ4v) is 2.82. The standard InChI is InChI=1S/C20H20N2O/c1-13(2)15-9-6-7-14(3)19(15)22-20(23)17-11-12-21-18-10-5-4-8-16(17)18/h4-13H,1-3H3,(H,22,23). The molecule has 0 radical (unpaired) electrons. The van der Waals surface area contributed by atoms with Crippen LogP contribution in [0.5, 0.6) is 0 Å². The van der Waals surface area contributed by atoms with Gasteiger partial charge in [0.15, 0.2) is 0 Å². The first-order valence-electron chi connectivity index (χ1n) is 7.82. The molecule has 0 saturated carbocycles. The van der Waals surface area contributed by atoms with E-state index in [0.717, 1.165) is 27.7 Å². The molecule has 0 spiro atoms. The SMILES string of the molecule is Cc1cccc(C(C)C)c1NC(=O)c1ccnc2ccccc12. The summed E-state index contributed by atoms with van der Waals surface area (Å²) in [6, 6.07) is 15.6. The van der Waals surface area contributed by atoms with Crippen LogP contribution in [0.2, 0.25) is 0 Å². The van der Waals surface area contributed by atoms with E-state index in [-0.39, 0.29) is 5.91 Å². The van der Waals surface area contributed by atoms with Gasteiger partial charge < -0.3 is 5.32 Å². The quantitative estimate of drug-likeness (QED) is 0.746. The molecule has 0 unspecified atom stereocenters. The van der Waals surface area contributed by atoms with E-state index in [1.807, 2.05) is 43.3 Å². The van der Waals surface area contributed by atoms with Crippen molar-refractivity contribution in [2.24, 2.45) is 0 Å². The summed E-state index contributed by atoms with van der Waals surface area (Å²) in [4.78, 5) is 17.1. The molecule has 3 nitrogen and oxygen atoms in total. The maximum atomic E-state index is 12.8. The van der Waals surface area contributed by atoms with E-state index in [2.05, 4.69) is 30.2 Å². The zero-order chi connectivity index (χ0) is 16.4. The Hall–Kier alpha value is -2.68. The smallest absolute Gasteiger partial charge is 0.256 e. The Morgan fingerprint density at radius 1 is 1.04 bits per heavy atom. The number of hydrogen-bond acceptors (Lipinski definition) is 2. The van der Waals surface area contributed by atoms with Crippen LogP contribution >= 0.6 is 0 Å². The lowest BCUT2D eigenvalue weighted by atomic mass is 9.98. The lowest BCUT2D eigenvalue weighted by Crippen LogP contribution is -2.15. The maximum absolute atomic E-state index is 12.8. The number of carbonyl (C=O) groups is 1. The maximum Gasteiger partial charge on any atom is 0.256 e. The second-order valence-electron chi connectivity index (χ2n) is 6.02. The van der Waals surface area contributed by atoms with Crippen LogP contribution in [0.3, 0.4) is 0 Å². The number of benzene rings is 2. The topological polar surface area (TPSA) is 42.0 Å². The van der Waals surface area contributed by atoms with E-state index in [9.17, 15) is 4.79 Å². The average Bonchev–Trinajstić information content (AvgIpc) is 2.55. The van der Waals surface area contributed by atoms with Gasteiger partial charge in [-0.1, -0.05) is 50.2 Å². The lowest BCUT2D eigenvalue weighted by Gasteiger charge is -2.17. The number of rotatable bonds is 3. The van der Waals surface area contributed by atoms with E-state index in [4.69, 9.17) is 0 Å². The molecular formula is C20H20N2O. The minimum absolute atomic E-state index is 0.0974. The second-order valence-corrected chi connectivity index (χ2v) is 6.02. The summed E-state index contributed by atoms with van der Waals surface area (Å²) in [5, 5.41) is 3.97. The van der Waals surface area contributed by atoms with Gasteiger partial charge >= 0.3 is 0 Å². The van der Waals surface area contributed by atoms with E-state index in [0.29, 0.717) is 11.5 Å². The van der Waals surface area contributed by atoms with E-state index in [1.54, 1.807) is 12.3 Å². The summed E-state index contributed by atoms with van der Waals surface area (Å²) < 4.78 is 0. The van der Waals surface area contributed by atoms with Crippen molar-refractivity contribution in [3.8, 4) is 0 Å². The predicted molar refractivity (Wildman–Crippen MR) is 95.0 cm³/mol. The zero-order valence-corrected chi connectivity index (χ0v) is 13.6. The number of pyridine rings is 1. The fraction of sp³-hybridized carbons (Fsp3) is 0.200. The summed E-state index contributed by atoms with van der Waals surface area (Å²) in [6.07, 6.45) is 1.68. The molecule has 23 heavy (non-hydrogen) atoms. The van der Waals surface area contributed by atoms with Crippen LogP contribution in [-0.2, 0) is 0 Å². The summed E-state index contributed by atoms with van der Waals surface area (Å²) in [5.41, 5.74) is 4.61. The van der Waals surface area contributed by atoms with Gasteiger partial charge in [-0.25, -0.2) is 0 Å². The number of nitrogens with one attached hydrogen (secondary N) is 1. The van der Waals surface area contributed by atoms with Gasteiger partial charge in [0.05, 0.1) is 11.1 Å². The number of aromatic nitrogens is 1. The molecule has 0 aliphatic carbocycles. The van der Waals surface area contributed by atoms with Gasteiger partial charge in [0.2, 0.25) is 0 Å². The molecule has 1 heterocycles. The summed E-state index contributed by atoms with van der Waals surface area (Å²) >= 11 is 0. The molecule has 3 rings (SSSR count). The average molecular weight is 304 g/mol. The largest absolute Gasteiger partial charge is 0.321 e. The predicted octanol–water partition coefficient (Wildman–Crippen LogP) is 4.92. The molecular weight excluding hydrogens is 284 g/mol. The normalized spacial score (nSPS) is 11.0. The Morgan fingerprint density at radius 2 is 1.83 bits per heavy atom. The molecule has 116 valence electrons. The van der Waals surface area contributed by atoms with Crippen molar-refractivity contribution in [3.63, 3.8) is 0 Å². The van der Waals surface area contributed by atoms with Crippen LogP contribution in [0.15, 0.2) is 54.7 Å². The summed E-state index contributed by atoms with van der Waals surface area (Å²) in [6.45, 7) is 6.28. The molecule has 3 heteroatoms. The minimum atomic E-state index is -0.0974.